The van der Waals surface area contributed by atoms with Crippen LogP contribution in [0.5, 0.6) is 5.75 Å². The highest BCUT2D eigenvalue weighted by atomic mass is 16.3. The lowest BCUT2D eigenvalue weighted by Crippen LogP contribution is -2.43. The molecule has 1 aromatic rings. The first-order chi connectivity index (χ1) is 9.47. The van der Waals surface area contributed by atoms with Crippen molar-refractivity contribution in [1.82, 2.24) is 4.90 Å². The SMILES string of the molecule is Cc1ccc(NC(=O)CN2CCC(N)CC2)c(C)c1O. The average molecular weight is 277 g/mol. The summed E-state index contributed by atoms with van der Waals surface area (Å²) >= 11 is 0. The van der Waals surface area contributed by atoms with E-state index in [0.29, 0.717) is 17.8 Å². The number of hydrogen-bond acceptors (Lipinski definition) is 4. The number of rotatable bonds is 3. The van der Waals surface area contributed by atoms with Gasteiger partial charge in [0.2, 0.25) is 5.91 Å². The van der Waals surface area contributed by atoms with Crippen molar-refractivity contribution in [2.75, 3.05) is 25.0 Å². The van der Waals surface area contributed by atoms with Crippen LogP contribution in [0.2, 0.25) is 0 Å². The quantitative estimate of drug-likeness (QED) is 0.779. The molecule has 1 saturated heterocycles. The molecule has 110 valence electrons. The summed E-state index contributed by atoms with van der Waals surface area (Å²) in [6.07, 6.45) is 1.88. The Labute approximate surface area is 119 Å². The van der Waals surface area contributed by atoms with Gasteiger partial charge in [0, 0.05) is 30.4 Å². The monoisotopic (exact) mass is 277 g/mol. The van der Waals surface area contributed by atoms with Gasteiger partial charge in [-0.05, 0) is 38.3 Å². The zero-order valence-corrected chi connectivity index (χ0v) is 12.1. The normalized spacial score (nSPS) is 17.1. The molecular formula is C15H23N3O2. The third-order valence-electron chi connectivity index (χ3n) is 3.91. The summed E-state index contributed by atoms with van der Waals surface area (Å²) in [6.45, 7) is 5.75. The van der Waals surface area contributed by atoms with E-state index in [9.17, 15) is 9.90 Å². The first-order valence-corrected chi connectivity index (χ1v) is 7.04. The molecule has 5 heteroatoms. The lowest BCUT2D eigenvalue weighted by atomic mass is 10.1. The zero-order valence-electron chi connectivity index (χ0n) is 12.1. The summed E-state index contributed by atoms with van der Waals surface area (Å²) in [5, 5.41) is 12.7. The minimum atomic E-state index is -0.0492. The fraction of sp³-hybridized carbons (Fsp3) is 0.533. The van der Waals surface area contributed by atoms with Gasteiger partial charge in [-0.2, -0.15) is 0 Å². The van der Waals surface area contributed by atoms with Crippen molar-refractivity contribution in [1.29, 1.82) is 0 Å². The first kappa shape index (κ1) is 14.8. The van der Waals surface area contributed by atoms with Crippen molar-refractivity contribution in [2.45, 2.75) is 32.7 Å². The molecule has 0 unspecified atom stereocenters. The topological polar surface area (TPSA) is 78.6 Å². The Morgan fingerprint density at radius 2 is 2.05 bits per heavy atom. The van der Waals surface area contributed by atoms with Crippen molar-refractivity contribution in [3.63, 3.8) is 0 Å². The number of hydrogen-bond donors (Lipinski definition) is 3. The van der Waals surface area contributed by atoms with Gasteiger partial charge < -0.3 is 16.2 Å². The van der Waals surface area contributed by atoms with E-state index in [-0.39, 0.29) is 17.7 Å². The number of amides is 1. The highest BCUT2D eigenvalue weighted by Gasteiger charge is 2.18. The Balaban J connectivity index is 1.93. The minimum absolute atomic E-state index is 0.0492. The van der Waals surface area contributed by atoms with Gasteiger partial charge in [-0.15, -0.1) is 0 Å². The number of benzene rings is 1. The second-order valence-electron chi connectivity index (χ2n) is 5.57. The molecule has 1 aromatic carbocycles. The first-order valence-electron chi connectivity index (χ1n) is 7.04. The molecule has 0 saturated carbocycles. The number of nitrogens with zero attached hydrogens (tertiary/aromatic N) is 1. The number of likely N-dealkylation sites (tertiary alicyclic amines) is 1. The number of nitrogens with two attached hydrogens (primary N) is 1. The number of nitrogens with one attached hydrogen (secondary N) is 1. The van der Waals surface area contributed by atoms with Crippen LogP contribution in [-0.2, 0) is 4.79 Å². The van der Waals surface area contributed by atoms with Gasteiger partial charge in [0.1, 0.15) is 5.75 Å². The Bertz CT molecular complexity index is 494. The lowest BCUT2D eigenvalue weighted by Gasteiger charge is -2.29. The summed E-state index contributed by atoms with van der Waals surface area (Å²) in [5.41, 5.74) is 8.04. The predicted molar refractivity (Wildman–Crippen MR) is 79.9 cm³/mol. The molecule has 1 aliphatic rings. The molecule has 2 rings (SSSR count). The van der Waals surface area contributed by atoms with Crippen LogP contribution in [0.4, 0.5) is 5.69 Å². The fourth-order valence-corrected chi connectivity index (χ4v) is 2.47. The molecule has 0 aliphatic carbocycles. The van der Waals surface area contributed by atoms with E-state index in [1.807, 2.05) is 13.0 Å². The van der Waals surface area contributed by atoms with Crippen LogP contribution in [0.3, 0.4) is 0 Å². The molecule has 0 bridgehead atoms. The van der Waals surface area contributed by atoms with Crippen LogP contribution in [-0.4, -0.2) is 41.6 Å². The number of aryl methyl sites for hydroxylation is 1. The van der Waals surface area contributed by atoms with E-state index in [1.54, 1.807) is 13.0 Å². The van der Waals surface area contributed by atoms with E-state index in [4.69, 9.17) is 5.73 Å². The van der Waals surface area contributed by atoms with E-state index < -0.39 is 0 Å². The molecule has 0 spiro atoms. The van der Waals surface area contributed by atoms with Crippen molar-refractivity contribution < 1.29 is 9.90 Å². The smallest absolute Gasteiger partial charge is 0.238 e. The molecule has 0 atom stereocenters. The minimum Gasteiger partial charge on any atom is -0.507 e. The van der Waals surface area contributed by atoms with Crippen molar-refractivity contribution in [3.05, 3.63) is 23.3 Å². The second kappa shape index (κ2) is 6.24. The molecule has 1 heterocycles. The van der Waals surface area contributed by atoms with Crippen molar-refractivity contribution in [2.24, 2.45) is 5.73 Å². The fourth-order valence-electron chi connectivity index (χ4n) is 2.47. The van der Waals surface area contributed by atoms with Gasteiger partial charge in [-0.3, -0.25) is 9.69 Å². The number of aromatic hydroxyl groups is 1. The molecular weight excluding hydrogens is 254 g/mol. The van der Waals surface area contributed by atoms with Gasteiger partial charge in [-0.25, -0.2) is 0 Å². The molecule has 1 aliphatic heterocycles. The van der Waals surface area contributed by atoms with E-state index in [1.165, 1.54) is 0 Å². The van der Waals surface area contributed by atoms with Gasteiger partial charge in [0.25, 0.3) is 0 Å². The van der Waals surface area contributed by atoms with Gasteiger partial charge in [0.05, 0.1) is 6.54 Å². The van der Waals surface area contributed by atoms with Crippen molar-refractivity contribution >= 4 is 11.6 Å². The largest absolute Gasteiger partial charge is 0.507 e. The average Bonchev–Trinajstić information content (AvgIpc) is 2.42. The standard InChI is InChI=1S/C15H23N3O2/c1-10-3-4-13(11(2)15(10)20)17-14(19)9-18-7-5-12(16)6-8-18/h3-4,12,20H,5-9,16H2,1-2H3,(H,17,19). The number of phenolic OH excluding ortho intramolecular Hbond substituents is 1. The maximum Gasteiger partial charge on any atom is 0.238 e. The Kier molecular flexibility index (Phi) is 4.62. The van der Waals surface area contributed by atoms with E-state index in [2.05, 4.69) is 10.2 Å². The number of piperidine rings is 1. The summed E-state index contributed by atoms with van der Waals surface area (Å²) in [7, 11) is 0. The predicted octanol–water partition coefficient (Wildman–Crippen LogP) is 1.37. The molecule has 4 N–H and O–H groups in total. The number of carbonyl (C=O) groups excluding carboxylic acids is 1. The van der Waals surface area contributed by atoms with Gasteiger partial charge in [0.15, 0.2) is 0 Å². The highest BCUT2D eigenvalue weighted by Crippen LogP contribution is 2.27. The Hall–Kier alpha value is -1.59. The summed E-state index contributed by atoms with van der Waals surface area (Å²) < 4.78 is 0. The van der Waals surface area contributed by atoms with Crippen LogP contribution in [0, 0.1) is 13.8 Å². The van der Waals surface area contributed by atoms with Gasteiger partial charge in [-0.1, -0.05) is 6.07 Å². The number of phenols is 1. The van der Waals surface area contributed by atoms with E-state index >= 15 is 0 Å². The van der Waals surface area contributed by atoms with Crippen LogP contribution in [0.25, 0.3) is 0 Å². The molecule has 0 aromatic heterocycles. The summed E-state index contributed by atoms with van der Waals surface area (Å²) in [6, 6.07) is 3.90. The maximum atomic E-state index is 12.0. The highest BCUT2D eigenvalue weighted by molar-refractivity contribution is 5.93. The number of anilines is 1. The van der Waals surface area contributed by atoms with Gasteiger partial charge >= 0.3 is 0 Å². The molecule has 20 heavy (non-hydrogen) atoms. The molecule has 1 amide bonds. The zero-order chi connectivity index (χ0) is 14.7. The van der Waals surface area contributed by atoms with Crippen LogP contribution in [0.15, 0.2) is 12.1 Å². The Morgan fingerprint density at radius 1 is 1.40 bits per heavy atom. The van der Waals surface area contributed by atoms with Crippen LogP contribution in [0.1, 0.15) is 24.0 Å². The third-order valence-corrected chi connectivity index (χ3v) is 3.91. The molecule has 1 fully saturated rings. The Morgan fingerprint density at radius 3 is 2.70 bits per heavy atom. The molecule has 5 nitrogen and oxygen atoms in total. The second-order valence-corrected chi connectivity index (χ2v) is 5.57. The number of carbonyl (C=O) groups is 1. The van der Waals surface area contributed by atoms with E-state index in [0.717, 1.165) is 31.5 Å². The maximum absolute atomic E-state index is 12.0. The van der Waals surface area contributed by atoms with Crippen LogP contribution >= 0.6 is 0 Å². The summed E-state index contributed by atoms with van der Waals surface area (Å²) in [5.74, 6) is 0.193. The van der Waals surface area contributed by atoms with Crippen molar-refractivity contribution in [3.8, 4) is 5.75 Å². The lowest BCUT2D eigenvalue weighted by molar-refractivity contribution is -0.117. The third kappa shape index (κ3) is 3.49. The van der Waals surface area contributed by atoms with Crippen LogP contribution < -0.4 is 11.1 Å². The summed E-state index contributed by atoms with van der Waals surface area (Å²) in [4.78, 5) is 14.2. The molecule has 0 radical (unpaired) electrons.